The summed E-state index contributed by atoms with van der Waals surface area (Å²) in [6.45, 7) is 4.22. The lowest BCUT2D eigenvalue weighted by Gasteiger charge is -2.14. The molecule has 1 unspecified atom stereocenters. The Balaban J connectivity index is 2.12. The lowest BCUT2D eigenvalue weighted by atomic mass is 10.1. The SMILES string of the molecule is CCC(NC)c1ccc(Sc2cc(C)nn2C)cc1. The van der Waals surface area contributed by atoms with Gasteiger partial charge in [-0.3, -0.25) is 4.68 Å². The molecule has 0 aliphatic carbocycles. The zero-order valence-electron chi connectivity index (χ0n) is 12.0. The van der Waals surface area contributed by atoms with Crippen LogP contribution in [-0.2, 0) is 7.05 Å². The molecule has 0 amide bonds. The van der Waals surface area contributed by atoms with Crippen LogP contribution in [0, 0.1) is 6.92 Å². The molecule has 2 rings (SSSR count). The van der Waals surface area contributed by atoms with Gasteiger partial charge in [-0.25, -0.2) is 0 Å². The van der Waals surface area contributed by atoms with E-state index in [1.807, 2.05) is 25.7 Å². The maximum atomic E-state index is 4.37. The van der Waals surface area contributed by atoms with Crippen LogP contribution in [0.4, 0.5) is 0 Å². The molecule has 102 valence electrons. The Bertz CT molecular complexity index is 527. The van der Waals surface area contributed by atoms with Gasteiger partial charge < -0.3 is 5.32 Å². The molecule has 1 aromatic carbocycles. The smallest absolute Gasteiger partial charge is 0.0986 e. The molecule has 1 N–H and O–H groups in total. The summed E-state index contributed by atoms with van der Waals surface area (Å²) < 4.78 is 1.93. The van der Waals surface area contributed by atoms with Crippen LogP contribution in [0.3, 0.4) is 0 Å². The highest BCUT2D eigenvalue weighted by Gasteiger charge is 2.07. The third kappa shape index (κ3) is 3.39. The third-order valence-corrected chi connectivity index (χ3v) is 4.32. The standard InChI is InChI=1S/C15H21N3S/c1-5-14(16-3)12-6-8-13(9-7-12)19-15-10-11(2)17-18(15)4/h6-10,14,16H,5H2,1-4H3. The fourth-order valence-electron chi connectivity index (χ4n) is 2.18. The van der Waals surface area contributed by atoms with Gasteiger partial charge in [0.1, 0.15) is 0 Å². The minimum absolute atomic E-state index is 0.443. The van der Waals surface area contributed by atoms with Gasteiger partial charge in [0.15, 0.2) is 0 Å². The van der Waals surface area contributed by atoms with Crippen LogP contribution in [0.15, 0.2) is 40.3 Å². The van der Waals surface area contributed by atoms with Crippen LogP contribution in [0.1, 0.15) is 30.6 Å². The molecule has 0 aliphatic rings. The molecule has 0 fully saturated rings. The second-order valence-corrected chi connectivity index (χ2v) is 5.76. The van der Waals surface area contributed by atoms with E-state index >= 15 is 0 Å². The average Bonchev–Trinajstić information content (AvgIpc) is 2.71. The number of aryl methyl sites for hydroxylation is 2. The van der Waals surface area contributed by atoms with Crippen molar-refractivity contribution in [2.75, 3.05) is 7.05 Å². The normalized spacial score (nSPS) is 12.6. The Morgan fingerprint density at radius 2 is 2.00 bits per heavy atom. The molecule has 3 nitrogen and oxygen atoms in total. The molecule has 0 spiro atoms. The van der Waals surface area contributed by atoms with Crippen molar-refractivity contribution in [3.8, 4) is 0 Å². The first kappa shape index (κ1) is 14.2. The topological polar surface area (TPSA) is 29.9 Å². The molecule has 0 radical (unpaired) electrons. The van der Waals surface area contributed by atoms with E-state index in [4.69, 9.17) is 0 Å². The molecule has 0 saturated heterocycles. The number of hydrogen-bond donors (Lipinski definition) is 1. The Morgan fingerprint density at radius 3 is 2.47 bits per heavy atom. The van der Waals surface area contributed by atoms with Crippen molar-refractivity contribution >= 4 is 11.8 Å². The summed E-state index contributed by atoms with van der Waals surface area (Å²) >= 11 is 1.75. The highest BCUT2D eigenvalue weighted by Crippen LogP contribution is 2.29. The number of hydrogen-bond acceptors (Lipinski definition) is 3. The van der Waals surface area contributed by atoms with Gasteiger partial charge in [0.25, 0.3) is 0 Å². The van der Waals surface area contributed by atoms with Gasteiger partial charge in [0, 0.05) is 18.0 Å². The maximum Gasteiger partial charge on any atom is 0.0986 e. The molecule has 0 aliphatic heterocycles. The Kier molecular flexibility index (Phi) is 4.66. The summed E-state index contributed by atoms with van der Waals surface area (Å²) in [6, 6.07) is 11.3. The Hall–Kier alpha value is -1.26. The quantitative estimate of drug-likeness (QED) is 0.905. The molecule has 19 heavy (non-hydrogen) atoms. The number of benzene rings is 1. The molecule has 2 aromatic rings. The van der Waals surface area contributed by atoms with E-state index in [-0.39, 0.29) is 0 Å². The van der Waals surface area contributed by atoms with Gasteiger partial charge >= 0.3 is 0 Å². The number of nitrogens with zero attached hydrogens (tertiary/aromatic N) is 2. The molecule has 1 aromatic heterocycles. The second kappa shape index (κ2) is 6.26. The maximum absolute atomic E-state index is 4.37. The molecular formula is C15H21N3S. The van der Waals surface area contributed by atoms with Gasteiger partial charge in [0.05, 0.1) is 10.7 Å². The van der Waals surface area contributed by atoms with Gasteiger partial charge in [-0.15, -0.1) is 0 Å². The predicted molar refractivity (Wildman–Crippen MR) is 80.6 cm³/mol. The molecular weight excluding hydrogens is 254 g/mol. The average molecular weight is 275 g/mol. The van der Waals surface area contributed by atoms with E-state index in [2.05, 4.69) is 47.7 Å². The second-order valence-electron chi connectivity index (χ2n) is 4.67. The van der Waals surface area contributed by atoms with Crippen LogP contribution in [0.25, 0.3) is 0 Å². The van der Waals surface area contributed by atoms with E-state index in [1.165, 1.54) is 15.5 Å². The van der Waals surface area contributed by atoms with Crippen LogP contribution in [-0.4, -0.2) is 16.8 Å². The Labute approximate surface area is 119 Å². The van der Waals surface area contributed by atoms with Crippen molar-refractivity contribution in [2.24, 2.45) is 7.05 Å². The predicted octanol–water partition coefficient (Wildman–Crippen LogP) is 3.55. The van der Waals surface area contributed by atoms with Crippen molar-refractivity contribution in [1.82, 2.24) is 15.1 Å². The van der Waals surface area contributed by atoms with Gasteiger partial charge in [-0.2, -0.15) is 5.10 Å². The number of nitrogens with one attached hydrogen (secondary N) is 1. The summed E-state index contributed by atoms with van der Waals surface area (Å²) in [4.78, 5) is 1.25. The van der Waals surface area contributed by atoms with Crippen LogP contribution >= 0.6 is 11.8 Å². The van der Waals surface area contributed by atoms with Crippen LogP contribution in [0.5, 0.6) is 0 Å². The molecule has 1 heterocycles. The first-order valence-electron chi connectivity index (χ1n) is 6.59. The zero-order chi connectivity index (χ0) is 13.8. The highest BCUT2D eigenvalue weighted by molar-refractivity contribution is 7.99. The summed E-state index contributed by atoms with van der Waals surface area (Å²) in [5, 5.41) is 8.87. The van der Waals surface area contributed by atoms with Crippen LogP contribution in [0.2, 0.25) is 0 Å². The summed E-state index contributed by atoms with van der Waals surface area (Å²) in [5.41, 5.74) is 2.40. The summed E-state index contributed by atoms with van der Waals surface area (Å²) in [5.74, 6) is 0. The van der Waals surface area contributed by atoms with E-state index in [1.54, 1.807) is 11.8 Å². The fraction of sp³-hybridized carbons (Fsp3) is 0.400. The molecule has 1 atom stereocenters. The van der Waals surface area contributed by atoms with Gasteiger partial charge in [-0.05, 0) is 44.2 Å². The lowest BCUT2D eigenvalue weighted by molar-refractivity contribution is 0.576. The highest BCUT2D eigenvalue weighted by atomic mass is 32.2. The van der Waals surface area contributed by atoms with E-state index in [9.17, 15) is 0 Å². The van der Waals surface area contributed by atoms with Crippen molar-refractivity contribution < 1.29 is 0 Å². The first-order chi connectivity index (χ1) is 9.13. The monoisotopic (exact) mass is 275 g/mol. The van der Waals surface area contributed by atoms with Crippen molar-refractivity contribution in [3.05, 3.63) is 41.6 Å². The minimum Gasteiger partial charge on any atom is -0.313 e. The van der Waals surface area contributed by atoms with E-state index < -0.39 is 0 Å². The van der Waals surface area contributed by atoms with E-state index in [0.29, 0.717) is 6.04 Å². The number of aromatic nitrogens is 2. The fourth-order valence-corrected chi connectivity index (χ4v) is 3.09. The van der Waals surface area contributed by atoms with Crippen molar-refractivity contribution in [1.29, 1.82) is 0 Å². The van der Waals surface area contributed by atoms with Crippen LogP contribution < -0.4 is 5.32 Å². The number of rotatable bonds is 5. The zero-order valence-corrected chi connectivity index (χ0v) is 12.8. The largest absolute Gasteiger partial charge is 0.313 e. The van der Waals surface area contributed by atoms with Crippen molar-refractivity contribution in [2.45, 2.75) is 36.2 Å². The molecule has 0 saturated carbocycles. The Morgan fingerprint density at radius 1 is 1.32 bits per heavy atom. The van der Waals surface area contributed by atoms with E-state index in [0.717, 1.165) is 12.1 Å². The summed E-state index contributed by atoms with van der Waals surface area (Å²) in [6.07, 6.45) is 1.10. The molecule has 4 heteroatoms. The third-order valence-electron chi connectivity index (χ3n) is 3.22. The molecule has 0 bridgehead atoms. The first-order valence-corrected chi connectivity index (χ1v) is 7.41. The van der Waals surface area contributed by atoms with Crippen molar-refractivity contribution in [3.63, 3.8) is 0 Å². The lowest BCUT2D eigenvalue weighted by Crippen LogP contribution is -2.14. The van der Waals surface area contributed by atoms with Gasteiger partial charge in [-0.1, -0.05) is 30.8 Å². The summed E-state index contributed by atoms with van der Waals surface area (Å²) in [7, 11) is 3.99. The minimum atomic E-state index is 0.443. The van der Waals surface area contributed by atoms with Gasteiger partial charge in [0.2, 0.25) is 0 Å².